The second-order valence-electron chi connectivity index (χ2n) is 2.43. The highest BCUT2D eigenvalue weighted by atomic mass is 32.2. The van der Waals surface area contributed by atoms with E-state index in [1.165, 1.54) is 5.75 Å². The van der Waals surface area contributed by atoms with Crippen molar-refractivity contribution in [1.29, 1.82) is 0 Å². The summed E-state index contributed by atoms with van der Waals surface area (Å²) in [6, 6.07) is 0. The molecule has 0 aromatic rings. The summed E-state index contributed by atoms with van der Waals surface area (Å²) in [6.45, 7) is 1.62. The van der Waals surface area contributed by atoms with Crippen LogP contribution in [0.2, 0.25) is 0 Å². The minimum atomic E-state index is -2.81. The molecule has 0 amide bonds. The molecule has 59 valence electrons. The molecule has 1 fully saturated rings. The molecule has 0 unspecified atom stereocenters. The fraction of sp³-hybridized carbons (Fsp3) is 0.833. The van der Waals surface area contributed by atoms with Crippen molar-refractivity contribution in [3.63, 3.8) is 0 Å². The van der Waals surface area contributed by atoms with Gasteiger partial charge in [-0.25, -0.2) is 8.42 Å². The van der Waals surface area contributed by atoms with Gasteiger partial charge in [0.25, 0.3) is 0 Å². The van der Waals surface area contributed by atoms with Gasteiger partial charge in [-0.05, 0) is 25.9 Å². The average Bonchev–Trinajstić information content (AvgIpc) is 1.81. The van der Waals surface area contributed by atoms with E-state index in [-0.39, 0.29) is 0 Å². The molecule has 1 rings (SSSR count). The van der Waals surface area contributed by atoms with Gasteiger partial charge < -0.3 is 5.32 Å². The molecule has 0 saturated carbocycles. The van der Waals surface area contributed by atoms with Crippen LogP contribution in [-0.4, -0.2) is 27.3 Å². The average molecular weight is 162 g/mol. The van der Waals surface area contributed by atoms with E-state index in [4.69, 9.17) is 0 Å². The fourth-order valence-corrected chi connectivity index (χ4v) is 2.14. The van der Waals surface area contributed by atoms with Crippen molar-refractivity contribution >= 4 is 9.84 Å². The second-order valence-corrected chi connectivity index (χ2v) is 4.49. The van der Waals surface area contributed by atoms with Crippen LogP contribution in [0.1, 0.15) is 12.8 Å². The Morgan fingerprint density at radius 1 is 1.30 bits per heavy atom. The maximum atomic E-state index is 10.9. The summed E-state index contributed by atoms with van der Waals surface area (Å²) in [5.74, 6) is 1.72. The van der Waals surface area contributed by atoms with E-state index in [9.17, 15) is 8.42 Å². The molecule has 0 aliphatic carbocycles. The molecule has 0 bridgehead atoms. The predicted molar refractivity (Wildman–Crippen MR) is 40.2 cm³/mol. The number of hydrogen-bond acceptors (Lipinski definition) is 3. The van der Waals surface area contributed by atoms with Crippen molar-refractivity contribution in [2.75, 3.05) is 18.8 Å². The number of rotatable bonds is 0. The molecule has 10 heavy (non-hydrogen) atoms. The minimum Gasteiger partial charge on any atom is -0.317 e. The predicted octanol–water partition coefficient (Wildman–Crippen LogP) is -0.0536. The summed E-state index contributed by atoms with van der Waals surface area (Å²) in [7, 11) is -2.81. The lowest BCUT2D eigenvalue weighted by molar-refractivity contribution is 0.582. The van der Waals surface area contributed by atoms with Crippen LogP contribution < -0.4 is 5.32 Å². The first-order chi connectivity index (χ1) is 4.71. The Labute approximate surface area is 61.7 Å². The standard InChI is InChI=1S/C6H12NO2S/c8-10(9)5-1-3-7-4-2-6-10/h5,7H,1-4,6H2. The van der Waals surface area contributed by atoms with Crippen molar-refractivity contribution in [2.45, 2.75) is 12.8 Å². The van der Waals surface area contributed by atoms with Gasteiger partial charge in [0.15, 0.2) is 9.84 Å². The van der Waals surface area contributed by atoms with Crippen LogP contribution in [0.5, 0.6) is 0 Å². The molecule has 0 spiro atoms. The molecule has 4 heteroatoms. The van der Waals surface area contributed by atoms with Crippen LogP contribution in [-0.2, 0) is 9.84 Å². The van der Waals surface area contributed by atoms with Gasteiger partial charge in [0.1, 0.15) is 0 Å². The third-order valence-electron chi connectivity index (χ3n) is 1.48. The van der Waals surface area contributed by atoms with Crippen LogP contribution in [0.3, 0.4) is 0 Å². The Bertz CT molecular complexity index is 172. The van der Waals surface area contributed by atoms with Crippen molar-refractivity contribution in [1.82, 2.24) is 5.32 Å². The molecular formula is C6H12NO2S. The number of sulfone groups is 1. The third-order valence-corrected chi connectivity index (χ3v) is 3.08. The first-order valence-corrected chi connectivity index (χ1v) is 5.19. The first-order valence-electron chi connectivity index (χ1n) is 3.47. The molecule has 0 atom stereocenters. The first kappa shape index (κ1) is 8.01. The zero-order chi connectivity index (χ0) is 7.45. The van der Waals surface area contributed by atoms with Gasteiger partial charge in [-0.15, -0.1) is 0 Å². The third kappa shape index (κ3) is 2.66. The number of hydrogen-bond donors (Lipinski definition) is 1. The Morgan fingerprint density at radius 2 is 2.10 bits per heavy atom. The summed E-state index contributed by atoms with van der Waals surface area (Å²) in [4.78, 5) is 0. The van der Waals surface area contributed by atoms with Crippen LogP contribution in [0.25, 0.3) is 0 Å². The normalized spacial score (nSPS) is 26.8. The van der Waals surface area contributed by atoms with Crippen LogP contribution in [0.4, 0.5) is 0 Å². The van der Waals surface area contributed by atoms with E-state index >= 15 is 0 Å². The molecule has 1 heterocycles. The van der Waals surface area contributed by atoms with E-state index in [0.29, 0.717) is 12.2 Å². The molecule has 1 aliphatic heterocycles. The smallest absolute Gasteiger partial charge is 0.154 e. The Hall–Kier alpha value is -0.0900. The molecule has 1 N–H and O–H groups in total. The van der Waals surface area contributed by atoms with Crippen molar-refractivity contribution in [3.8, 4) is 0 Å². The zero-order valence-electron chi connectivity index (χ0n) is 5.84. The summed E-state index contributed by atoms with van der Waals surface area (Å²) in [6.07, 6.45) is 1.38. The summed E-state index contributed by atoms with van der Waals surface area (Å²) >= 11 is 0. The fourth-order valence-electron chi connectivity index (χ4n) is 0.947. The van der Waals surface area contributed by atoms with E-state index in [2.05, 4.69) is 5.32 Å². The maximum Gasteiger partial charge on any atom is 0.154 e. The van der Waals surface area contributed by atoms with E-state index in [1.807, 2.05) is 0 Å². The highest BCUT2D eigenvalue weighted by Gasteiger charge is 2.12. The van der Waals surface area contributed by atoms with E-state index in [0.717, 1.165) is 19.5 Å². The van der Waals surface area contributed by atoms with Crippen LogP contribution in [0.15, 0.2) is 0 Å². The Morgan fingerprint density at radius 3 is 2.90 bits per heavy atom. The maximum absolute atomic E-state index is 10.9. The van der Waals surface area contributed by atoms with Gasteiger partial charge in [-0.3, -0.25) is 0 Å². The Kier molecular flexibility index (Phi) is 2.68. The van der Waals surface area contributed by atoms with Gasteiger partial charge in [0.2, 0.25) is 0 Å². The van der Waals surface area contributed by atoms with Gasteiger partial charge in [-0.2, -0.15) is 0 Å². The lowest BCUT2D eigenvalue weighted by atomic mass is 10.4. The lowest BCUT2D eigenvalue weighted by Crippen LogP contribution is -2.24. The molecule has 0 aromatic carbocycles. The van der Waals surface area contributed by atoms with Crippen molar-refractivity contribution in [3.05, 3.63) is 5.75 Å². The molecule has 3 nitrogen and oxygen atoms in total. The van der Waals surface area contributed by atoms with Gasteiger partial charge in [-0.1, -0.05) is 0 Å². The highest BCUT2D eigenvalue weighted by Crippen LogP contribution is 2.03. The van der Waals surface area contributed by atoms with Crippen molar-refractivity contribution < 1.29 is 8.42 Å². The highest BCUT2D eigenvalue weighted by molar-refractivity contribution is 7.93. The SMILES string of the molecule is O=S1(=O)[CH]CCNCCC1. The summed E-state index contributed by atoms with van der Waals surface area (Å²) < 4.78 is 21.9. The minimum absolute atomic E-state index is 0.306. The second kappa shape index (κ2) is 3.34. The molecule has 1 aliphatic rings. The van der Waals surface area contributed by atoms with Crippen LogP contribution in [0, 0.1) is 5.75 Å². The topological polar surface area (TPSA) is 46.2 Å². The summed E-state index contributed by atoms with van der Waals surface area (Å²) in [5.41, 5.74) is 0. The van der Waals surface area contributed by atoms with E-state index < -0.39 is 9.84 Å². The largest absolute Gasteiger partial charge is 0.317 e. The molecule has 1 saturated heterocycles. The monoisotopic (exact) mass is 162 g/mol. The van der Waals surface area contributed by atoms with Crippen LogP contribution >= 0.6 is 0 Å². The van der Waals surface area contributed by atoms with Crippen molar-refractivity contribution in [2.24, 2.45) is 0 Å². The number of nitrogens with one attached hydrogen (secondary N) is 1. The van der Waals surface area contributed by atoms with Gasteiger partial charge in [0.05, 0.1) is 11.5 Å². The van der Waals surface area contributed by atoms with E-state index in [1.54, 1.807) is 0 Å². The molecule has 0 aromatic heterocycles. The van der Waals surface area contributed by atoms with Gasteiger partial charge in [0, 0.05) is 0 Å². The zero-order valence-corrected chi connectivity index (χ0v) is 6.65. The quantitative estimate of drug-likeness (QED) is 0.543. The lowest BCUT2D eigenvalue weighted by Gasteiger charge is -2.09. The Balaban J connectivity index is 2.46. The summed E-state index contributed by atoms with van der Waals surface area (Å²) in [5, 5.41) is 3.13. The van der Waals surface area contributed by atoms with Gasteiger partial charge >= 0.3 is 0 Å². The molecular weight excluding hydrogens is 150 g/mol. The molecule has 1 radical (unpaired) electrons.